The molecule has 1 saturated carbocycles. The molecule has 1 aliphatic heterocycles. The Morgan fingerprint density at radius 3 is 2.35 bits per heavy atom. The van der Waals surface area contributed by atoms with E-state index in [0.717, 1.165) is 30.4 Å². The summed E-state index contributed by atoms with van der Waals surface area (Å²) in [5.74, 6) is 0.0665. The second-order valence-corrected chi connectivity index (χ2v) is 8.12. The molecule has 3 nitrogen and oxygen atoms in total. The van der Waals surface area contributed by atoms with E-state index in [1.807, 2.05) is 26.0 Å². The third kappa shape index (κ3) is 3.15. The molecule has 1 aromatic rings. The van der Waals surface area contributed by atoms with Gasteiger partial charge in [-0.05, 0) is 51.0 Å². The summed E-state index contributed by atoms with van der Waals surface area (Å²) >= 11 is 0. The van der Waals surface area contributed by atoms with Gasteiger partial charge >= 0.3 is 5.97 Å². The molecule has 1 aromatic carbocycles. The Morgan fingerprint density at radius 2 is 1.78 bits per heavy atom. The first kappa shape index (κ1) is 16.1. The summed E-state index contributed by atoms with van der Waals surface area (Å²) in [4.78, 5) is 12.4. The first-order chi connectivity index (χ1) is 10.7. The quantitative estimate of drug-likeness (QED) is 0.763. The molecule has 3 rings (SSSR count). The lowest BCUT2D eigenvalue weighted by atomic mass is 9.91. The summed E-state index contributed by atoms with van der Waals surface area (Å²) in [5, 5.41) is 0. The third-order valence-corrected chi connectivity index (χ3v) is 4.91. The van der Waals surface area contributed by atoms with Gasteiger partial charge in [0.25, 0.3) is 0 Å². The summed E-state index contributed by atoms with van der Waals surface area (Å²) in [6.07, 6.45) is 3.20. The minimum atomic E-state index is -0.657. The van der Waals surface area contributed by atoms with Crippen LogP contribution in [0.3, 0.4) is 0 Å². The predicted molar refractivity (Wildman–Crippen MR) is 90.8 cm³/mol. The summed E-state index contributed by atoms with van der Waals surface area (Å²) in [6.45, 7) is 10.4. The molecule has 23 heavy (non-hydrogen) atoms. The maximum atomic E-state index is 12.4. The standard InChI is InChI=1S/C20H26O3/c1-13-6-8-14(9-7-13)16-17(18(21)23-20(16,4)5)22-15-10-11-19(2,3)12-15/h6-9,15H,10-12H2,1-5H3. The molecule has 0 spiro atoms. The number of benzene rings is 1. The van der Waals surface area contributed by atoms with Gasteiger partial charge in [0, 0.05) is 0 Å². The zero-order valence-electron chi connectivity index (χ0n) is 14.7. The number of esters is 1. The molecule has 1 aliphatic carbocycles. The highest BCUT2D eigenvalue weighted by molar-refractivity contribution is 6.02. The maximum Gasteiger partial charge on any atom is 0.374 e. The first-order valence-corrected chi connectivity index (χ1v) is 8.40. The third-order valence-electron chi connectivity index (χ3n) is 4.91. The molecule has 0 saturated heterocycles. The fourth-order valence-corrected chi connectivity index (χ4v) is 3.65. The van der Waals surface area contributed by atoms with Crippen molar-refractivity contribution in [2.24, 2.45) is 5.41 Å². The van der Waals surface area contributed by atoms with Crippen molar-refractivity contribution in [3.8, 4) is 0 Å². The number of hydrogen-bond donors (Lipinski definition) is 0. The van der Waals surface area contributed by atoms with Crippen molar-refractivity contribution in [3.05, 3.63) is 41.2 Å². The monoisotopic (exact) mass is 314 g/mol. The summed E-state index contributed by atoms with van der Waals surface area (Å²) in [5.41, 5.74) is 2.69. The number of carbonyl (C=O) groups is 1. The van der Waals surface area contributed by atoms with Gasteiger partial charge in [-0.3, -0.25) is 0 Å². The number of carbonyl (C=O) groups excluding carboxylic acids is 1. The highest BCUT2D eigenvalue weighted by Crippen LogP contribution is 2.44. The van der Waals surface area contributed by atoms with Crippen LogP contribution < -0.4 is 0 Å². The van der Waals surface area contributed by atoms with Gasteiger partial charge in [0.05, 0.1) is 11.7 Å². The summed E-state index contributed by atoms with van der Waals surface area (Å²) in [7, 11) is 0. The highest BCUT2D eigenvalue weighted by atomic mass is 16.6. The Balaban J connectivity index is 1.96. The summed E-state index contributed by atoms with van der Waals surface area (Å²) in [6, 6.07) is 8.18. The van der Waals surface area contributed by atoms with Gasteiger partial charge in [-0.25, -0.2) is 4.79 Å². The van der Waals surface area contributed by atoms with E-state index in [1.165, 1.54) is 5.56 Å². The maximum absolute atomic E-state index is 12.4. The average molecular weight is 314 g/mol. The molecule has 3 heteroatoms. The number of hydrogen-bond acceptors (Lipinski definition) is 3. The SMILES string of the molecule is Cc1ccc(C2=C(OC3CCC(C)(C)C3)C(=O)OC2(C)C)cc1. The van der Waals surface area contributed by atoms with Crippen molar-refractivity contribution in [3.63, 3.8) is 0 Å². The van der Waals surface area contributed by atoms with Crippen molar-refractivity contribution in [1.29, 1.82) is 0 Å². The molecule has 0 aromatic heterocycles. The Kier molecular flexibility index (Phi) is 3.78. The lowest BCUT2D eigenvalue weighted by molar-refractivity contribution is -0.147. The van der Waals surface area contributed by atoms with Gasteiger partial charge < -0.3 is 9.47 Å². The van der Waals surface area contributed by atoms with E-state index < -0.39 is 5.60 Å². The van der Waals surface area contributed by atoms with Crippen LogP contribution in [0.2, 0.25) is 0 Å². The fourth-order valence-electron chi connectivity index (χ4n) is 3.65. The van der Waals surface area contributed by atoms with Crippen LogP contribution in [-0.4, -0.2) is 17.7 Å². The van der Waals surface area contributed by atoms with Crippen molar-refractivity contribution in [1.82, 2.24) is 0 Å². The lowest BCUT2D eigenvalue weighted by Gasteiger charge is -2.21. The number of aryl methyl sites for hydroxylation is 1. The van der Waals surface area contributed by atoms with Crippen molar-refractivity contribution in [2.75, 3.05) is 0 Å². The highest BCUT2D eigenvalue weighted by Gasteiger charge is 2.44. The zero-order chi connectivity index (χ0) is 16.8. The number of ether oxygens (including phenoxy) is 2. The lowest BCUT2D eigenvalue weighted by Crippen LogP contribution is -2.22. The second kappa shape index (κ2) is 5.40. The van der Waals surface area contributed by atoms with Gasteiger partial charge in [0.2, 0.25) is 5.76 Å². The van der Waals surface area contributed by atoms with E-state index in [4.69, 9.17) is 9.47 Å². The van der Waals surface area contributed by atoms with Crippen LogP contribution in [0.5, 0.6) is 0 Å². The Morgan fingerprint density at radius 1 is 1.13 bits per heavy atom. The Hall–Kier alpha value is -1.77. The minimum Gasteiger partial charge on any atom is -0.483 e. The van der Waals surface area contributed by atoms with Crippen LogP contribution in [0.25, 0.3) is 5.57 Å². The van der Waals surface area contributed by atoms with E-state index in [2.05, 4.69) is 32.9 Å². The molecule has 1 fully saturated rings. The van der Waals surface area contributed by atoms with Crippen molar-refractivity contribution < 1.29 is 14.3 Å². The number of rotatable bonds is 3. The smallest absolute Gasteiger partial charge is 0.374 e. The van der Waals surface area contributed by atoms with Crippen LogP contribution in [0.4, 0.5) is 0 Å². The van der Waals surface area contributed by atoms with Gasteiger partial charge in [-0.15, -0.1) is 0 Å². The molecule has 0 N–H and O–H groups in total. The predicted octanol–water partition coefficient (Wildman–Crippen LogP) is 4.64. The molecule has 124 valence electrons. The van der Waals surface area contributed by atoms with E-state index in [0.29, 0.717) is 5.76 Å². The number of cyclic esters (lactones) is 1. The molecule has 1 atom stereocenters. The van der Waals surface area contributed by atoms with E-state index in [-0.39, 0.29) is 17.5 Å². The molecule has 1 unspecified atom stereocenters. The van der Waals surface area contributed by atoms with Crippen LogP contribution >= 0.6 is 0 Å². The normalized spacial score (nSPS) is 25.6. The van der Waals surface area contributed by atoms with Crippen LogP contribution in [0, 0.1) is 12.3 Å². The van der Waals surface area contributed by atoms with Gasteiger partial charge in [-0.1, -0.05) is 43.7 Å². The van der Waals surface area contributed by atoms with E-state index in [9.17, 15) is 4.79 Å². The van der Waals surface area contributed by atoms with Gasteiger partial charge in [0.1, 0.15) is 5.60 Å². The zero-order valence-corrected chi connectivity index (χ0v) is 14.7. The Labute approximate surface area is 138 Å². The van der Waals surface area contributed by atoms with Crippen LogP contribution in [-0.2, 0) is 14.3 Å². The molecular formula is C20H26O3. The van der Waals surface area contributed by atoms with Crippen molar-refractivity contribution >= 4 is 11.5 Å². The first-order valence-electron chi connectivity index (χ1n) is 8.40. The van der Waals surface area contributed by atoms with E-state index in [1.54, 1.807) is 0 Å². The van der Waals surface area contributed by atoms with Gasteiger partial charge in [0.15, 0.2) is 0 Å². The molecule has 2 aliphatic rings. The van der Waals surface area contributed by atoms with Gasteiger partial charge in [-0.2, -0.15) is 0 Å². The molecule has 0 amide bonds. The topological polar surface area (TPSA) is 35.5 Å². The summed E-state index contributed by atoms with van der Waals surface area (Å²) < 4.78 is 11.7. The minimum absolute atomic E-state index is 0.0990. The fraction of sp³-hybridized carbons (Fsp3) is 0.550. The Bertz CT molecular complexity index is 650. The second-order valence-electron chi connectivity index (χ2n) is 8.12. The van der Waals surface area contributed by atoms with Crippen LogP contribution in [0.15, 0.2) is 30.0 Å². The molecule has 0 radical (unpaired) electrons. The van der Waals surface area contributed by atoms with Crippen molar-refractivity contribution in [2.45, 2.75) is 65.6 Å². The van der Waals surface area contributed by atoms with E-state index >= 15 is 0 Å². The largest absolute Gasteiger partial charge is 0.483 e. The van der Waals surface area contributed by atoms with Crippen LogP contribution in [0.1, 0.15) is 58.1 Å². The molecule has 0 bridgehead atoms. The molecule has 1 heterocycles. The molecular weight excluding hydrogens is 288 g/mol. The average Bonchev–Trinajstić information content (AvgIpc) is 2.88.